The van der Waals surface area contributed by atoms with Gasteiger partial charge in [-0.1, -0.05) is 6.92 Å². The van der Waals surface area contributed by atoms with E-state index in [1.54, 1.807) is 14.0 Å². The zero-order valence-electron chi connectivity index (χ0n) is 13.1. The van der Waals surface area contributed by atoms with Gasteiger partial charge in [0.1, 0.15) is 0 Å². The fraction of sp³-hybridized carbons (Fsp3) is 0.769. The number of aliphatic hydroxyl groups is 1. The zero-order chi connectivity index (χ0) is 15.7. The average molecular weight is 299 g/mol. The topological polar surface area (TPSA) is 101 Å². The van der Waals surface area contributed by atoms with Crippen molar-refractivity contribution in [2.45, 2.75) is 32.3 Å². The van der Waals surface area contributed by atoms with Crippen LogP contribution in [0.4, 0.5) is 11.9 Å². The molecule has 8 heteroatoms. The Balaban J connectivity index is 2.68. The minimum atomic E-state index is -0.910. The monoisotopic (exact) mass is 299 g/mol. The molecule has 1 rings (SSSR count). The summed E-state index contributed by atoms with van der Waals surface area (Å²) in [6.07, 6.45) is 1.47. The molecule has 1 heterocycles. The molecule has 1 unspecified atom stereocenters. The molecule has 0 spiro atoms. The second kappa shape index (κ2) is 8.58. The Bertz CT molecular complexity index is 428. The first-order chi connectivity index (χ1) is 10.0. The van der Waals surface area contributed by atoms with Crippen molar-refractivity contribution in [3.05, 3.63) is 0 Å². The summed E-state index contributed by atoms with van der Waals surface area (Å²) < 4.78 is 10.0. The van der Waals surface area contributed by atoms with Gasteiger partial charge < -0.3 is 25.2 Å². The van der Waals surface area contributed by atoms with Gasteiger partial charge in [-0.05, 0) is 13.3 Å². The van der Waals surface area contributed by atoms with Crippen molar-refractivity contribution in [1.29, 1.82) is 0 Å². The van der Waals surface area contributed by atoms with Crippen molar-refractivity contribution in [3.8, 4) is 6.01 Å². The molecule has 1 atom stereocenters. The maximum absolute atomic E-state index is 10.2. The Morgan fingerprint density at radius 1 is 1.14 bits per heavy atom. The Labute approximate surface area is 125 Å². The quantitative estimate of drug-likeness (QED) is 0.586. The summed E-state index contributed by atoms with van der Waals surface area (Å²) in [5.74, 6) is 0.806. The maximum Gasteiger partial charge on any atom is 0.322 e. The lowest BCUT2D eigenvalue weighted by Gasteiger charge is -2.23. The van der Waals surface area contributed by atoms with E-state index in [0.717, 1.165) is 13.0 Å². The predicted molar refractivity (Wildman–Crippen MR) is 80.8 cm³/mol. The van der Waals surface area contributed by atoms with Gasteiger partial charge in [0, 0.05) is 33.2 Å². The summed E-state index contributed by atoms with van der Waals surface area (Å²) in [6.45, 7) is 5.33. The van der Waals surface area contributed by atoms with Crippen LogP contribution in [0.3, 0.4) is 0 Å². The Hall–Kier alpha value is -1.67. The number of nitrogens with zero attached hydrogens (tertiary/aromatic N) is 3. The highest BCUT2D eigenvalue weighted by molar-refractivity contribution is 5.36. The second-order valence-electron chi connectivity index (χ2n) is 4.99. The van der Waals surface area contributed by atoms with E-state index in [4.69, 9.17) is 9.47 Å². The van der Waals surface area contributed by atoms with E-state index in [0.29, 0.717) is 31.5 Å². The van der Waals surface area contributed by atoms with Crippen molar-refractivity contribution in [3.63, 3.8) is 0 Å². The van der Waals surface area contributed by atoms with Gasteiger partial charge in [-0.3, -0.25) is 0 Å². The smallest absolute Gasteiger partial charge is 0.322 e. The summed E-state index contributed by atoms with van der Waals surface area (Å²) in [6, 6.07) is 0.225. The Kier molecular flexibility index (Phi) is 7.10. The van der Waals surface area contributed by atoms with Crippen molar-refractivity contribution < 1.29 is 14.6 Å². The number of nitrogens with one attached hydrogen (secondary N) is 2. The lowest BCUT2D eigenvalue weighted by molar-refractivity contribution is 0.0356. The Morgan fingerprint density at radius 3 is 2.38 bits per heavy atom. The molecule has 0 bridgehead atoms. The number of anilines is 2. The van der Waals surface area contributed by atoms with Crippen LogP contribution in [0.2, 0.25) is 0 Å². The van der Waals surface area contributed by atoms with E-state index in [1.807, 2.05) is 0 Å². The zero-order valence-corrected chi connectivity index (χ0v) is 13.1. The maximum atomic E-state index is 10.2. The normalized spacial score (nSPS) is 13.6. The fourth-order valence-corrected chi connectivity index (χ4v) is 1.52. The van der Waals surface area contributed by atoms with Crippen LogP contribution < -0.4 is 15.4 Å². The number of rotatable bonds is 10. The molecular weight excluding hydrogens is 274 g/mol. The molecule has 8 nitrogen and oxygen atoms in total. The van der Waals surface area contributed by atoms with E-state index < -0.39 is 5.60 Å². The van der Waals surface area contributed by atoms with Crippen LogP contribution in [-0.4, -0.2) is 59.6 Å². The minimum Gasteiger partial charge on any atom is -0.467 e. The molecule has 0 saturated heterocycles. The molecule has 3 N–H and O–H groups in total. The summed E-state index contributed by atoms with van der Waals surface area (Å²) >= 11 is 0. The average Bonchev–Trinajstić information content (AvgIpc) is 2.49. The van der Waals surface area contributed by atoms with Crippen LogP contribution in [0, 0.1) is 0 Å². The molecule has 0 aliphatic heterocycles. The largest absolute Gasteiger partial charge is 0.467 e. The third-order valence-electron chi connectivity index (χ3n) is 2.80. The van der Waals surface area contributed by atoms with E-state index in [9.17, 15) is 5.11 Å². The first-order valence-corrected chi connectivity index (χ1v) is 7.00. The molecule has 1 aromatic rings. The molecule has 0 aliphatic carbocycles. The molecule has 1 aromatic heterocycles. The minimum absolute atomic E-state index is 0.225. The van der Waals surface area contributed by atoms with Gasteiger partial charge in [-0.15, -0.1) is 0 Å². The first kappa shape index (κ1) is 17.4. The third-order valence-corrected chi connectivity index (χ3v) is 2.80. The van der Waals surface area contributed by atoms with Crippen molar-refractivity contribution in [2.24, 2.45) is 0 Å². The van der Waals surface area contributed by atoms with E-state index >= 15 is 0 Å². The standard InChI is InChI=1S/C13H25N5O3/c1-5-7-14-10-16-11(18-12(17-10)21-4)15-9-13(2,19)6-8-20-3/h19H,5-9H2,1-4H3,(H2,14,15,16,17,18). The molecule has 21 heavy (non-hydrogen) atoms. The van der Waals surface area contributed by atoms with E-state index in [2.05, 4.69) is 32.5 Å². The highest BCUT2D eigenvalue weighted by Gasteiger charge is 2.20. The SMILES string of the molecule is CCCNc1nc(NCC(C)(O)CCOC)nc(OC)n1. The molecule has 0 amide bonds. The molecule has 0 saturated carbocycles. The number of hydrogen-bond donors (Lipinski definition) is 3. The van der Waals surface area contributed by atoms with Crippen LogP contribution >= 0.6 is 0 Å². The van der Waals surface area contributed by atoms with Crippen molar-refractivity contribution in [1.82, 2.24) is 15.0 Å². The van der Waals surface area contributed by atoms with Crippen molar-refractivity contribution in [2.75, 3.05) is 44.5 Å². The number of aromatic nitrogens is 3. The number of hydrogen-bond acceptors (Lipinski definition) is 8. The van der Waals surface area contributed by atoms with E-state index in [-0.39, 0.29) is 6.01 Å². The van der Waals surface area contributed by atoms with Crippen LogP contribution in [0.5, 0.6) is 6.01 Å². The Morgan fingerprint density at radius 2 is 1.81 bits per heavy atom. The molecular formula is C13H25N5O3. The lowest BCUT2D eigenvalue weighted by Crippen LogP contribution is -2.35. The van der Waals surface area contributed by atoms with Gasteiger partial charge in [0.25, 0.3) is 0 Å². The van der Waals surface area contributed by atoms with Gasteiger partial charge in [0.2, 0.25) is 11.9 Å². The summed E-state index contributed by atoms with van der Waals surface area (Å²) in [7, 11) is 3.10. The van der Waals surface area contributed by atoms with Crippen LogP contribution in [-0.2, 0) is 4.74 Å². The molecule has 120 valence electrons. The van der Waals surface area contributed by atoms with Crippen molar-refractivity contribution >= 4 is 11.9 Å². The third kappa shape index (κ3) is 6.54. The van der Waals surface area contributed by atoms with Crippen LogP contribution in [0.25, 0.3) is 0 Å². The van der Waals surface area contributed by atoms with Gasteiger partial charge in [0.05, 0.1) is 12.7 Å². The van der Waals surface area contributed by atoms with E-state index in [1.165, 1.54) is 7.11 Å². The summed E-state index contributed by atoms with van der Waals surface area (Å²) in [5.41, 5.74) is -0.910. The highest BCUT2D eigenvalue weighted by atomic mass is 16.5. The first-order valence-electron chi connectivity index (χ1n) is 7.00. The molecule has 0 radical (unpaired) electrons. The summed E-state index contributed by atoms with van der Waals surface area (Å²) in [4.78, 5) is 12.4. The molecule has 0 aromatic carbocycles. The van der Waals surface area contributed by atoms with Crippen LogP contribution in [0.15, 0.2) is 0 Å². The second-order valence-corrected chi connectivity index (χ2v) is 4.99. The number of methoxy groups -OCH3 is 2. The predicted octanol–water partition coefficient (Wildman–Crippen LogP) is 0.901. The lowest BCUT2D eigenvalue weighted by atomic mass is 10.0. The van der Waals surface area contributed by atoms with Gasteiger partial charge in [-0.25, -0.2) is 0 Å². The van der Waals surface area contributed by atoms with Gasteiger partial charge in [0.15, 0.2) is 0 Å². The fourth-order valence-electron chi connectivity index (χ4n) is 1.52. The molecule has 0 aliphatic rings. The number of ether oxygens (including phenoxy) is 2. The van der Waals surface area contributed by atoms with Gasteiger partial charge in [-0.2, -0.15) is 15.0 Å². The van der Waals surface area contributed by atoms with Gasteiger partial charge >= 0.3 is 6.01 Å². The highest BCUT2D eigenvalue weighted by Crippen LogP contribution is 2.14. The summed E-state index contributed by atoms with van der Waals surface area (Å²) in [5, 5.41) is 16.3. The molecule has 0 fully saturated rings. The van der Waals surface area contributed by atoms with Crippen LogP contribution in [0.1, 0.15) is 26.7 Å².